The maximum atomic E-state index is 13.6. The van der Waals surface area contributed by atoms with Crippen molar-refractivity contribution in [3.8, 4) is 0 Å². The Balaban J connectivity index is 2.53. The first-order valence-corrected chi connectivity index (χ1v) is 9.22. The van der Waals surface area contributed by atoms with Gasteiger partial charge in [-0.3, -0.25) is 4.79 Å². The number of rotatable bonds is 9. The van der Waals surface area contributed by atoms with Crippen molar-refractivity contribution >= 4 is 17.3 Å². The van der Waals surface area contributed by atoms with Crippen LogP contribution in [0.5, 0.6) is 0 Å². The molecule has 0 amide bonds. The maximum Gasteiger partial charge on any atom is 0.418 e. The van der Waals surface area contributed by atoms with E-state index >= 15 is 0 Å². The average Bonchev–Trinajstić information content (AvgIpc) is 2.65. The highest BCUT2D eigenvalue weighted by Crippen LogP contribution is 2.41. The number of nitrogens with one attached hydrogen (secondary N) is 1. The molecule has 2 atom stereocenters. The van der Waals surface area contributed by atoms with Gasteiger partial charge in [0.2, 0.25) is 0 Å². The van der Waals surface area contributed by atoms with Crippen LogP contribution in [0.2, 0.25) is 0 Å². The number of alkyl halides is 3. The molecule has 2 N–H and O–H groups in total. The van der Waals surface area contributed by atoms with Gasteiger partial charge in [-0.25, -0.2) is 4.39 Å². The number of halogens is 4. The molecule has 0 heterocycles. The Labute approximate surface area is 166 Å². The first-order valence-electron chi connectivity index (χ1n) is 9.22. The van der Waals surface area contributed by atoms with Crippen molar-refractivity contribution < 1.29 is 32.2 Å². The minimum absolute atomic E-state index is 0.127. The molecule has 0 aliphatic carbocycles. The van der Waals surface area contributed by atoms with Gasteiger partial charge in [0.1, 0.15) is 5.82 Å². The van der Waals surface area contributed by atoms with Gasteiger partial charge in [0.25, 0.3) is 0 Å². The highest BCUT2D eigenvalue weighted by molar-refractivity contribution is 5.69. The second-order valence-electron chi connectivity index (χ2n) is 6.56. The summed E-state index contributed by atoms with van der Waals surface area (Å²) < 4.78 is 58.9. The lowest BCUT2D eigenvalue weighted by Crippen LogP contribution is -2.24. The van der Waals surface area contributed by atoms with Crippen LogP contribution >= 0.6 is 0 Å². The second-order valence-corrected chi connectivity index (χ2v) is 6.56. The molecule has 4 nitrogen and oxygen atoms in total. The number of benzene rings is 2. The number of anilines is 2. The van der Waals surface area contributed by atoms with E-state index in [0.717, 1.165) is 0 Å². The molecule has 29 heavy (non-hydrogen) atoms. The van der Waals surface area contributed by atoms with Gasteiger partial charge < -0.3 is 15.2 Å². The standard InChI is InChI=1S/C21H23F4NO3/c1-3-13(12-19(27)28)14-5-10-17(20(29-4-2)21(23,24)25)18(11-14)26-16-8-6-15(22)7-9-16/h5-11,13,20,26H,3-4,12H2,1-2H3,(H,27,28)/t13-,20+/m0/s1. The Morgan fingerprint density at radius 3 is 2.31 bits per heavy atom. The molecule has 0 spiro atoms. The van der Waals surface area contributed by atoms with Crippen molar-refractivity contribution in [3.05, 3.63) is 59.4 Å². The minimum Gasteiger partial charge on any atom is -0.481 e. The van der Waals surface area contributed by atoms with Crippen molar-refractivity contribution in [3.63, 3.8) is 0 Å². The molecule has 0 aromatic heterocycles. The minimum atomic E-state index is -4.64. The number of carboxylic acid groups (broad SMARTS) is 1. The predicted octanol–water partition coefficient (Wildman–Crippen LogP) is 6.18. The first kappa shape index (κ1) is 22.7. The van der Waals surface area contributed by atoms with Gasteiger partial charge in [-0.1, -0.05) is 19.1 Å². The zero-order valence-corrected chi connectivity index (χ0v) is 16.1. The number of hydrogen-bond acceptors (Lipinski definition) is 3. The zero-order valence-electron chi connectivity index (χ0n) is 16.1. The summed E-state index contributed by atoms with van der Waals surface area (Å²) in [4.78, 5) is 11.1. The molecule has 0 aliphatic rings. The van der Waals surface area contributed by atoms with Crippen LogP contribution in [0.4, 0.5) is 28.9 Å². The van der Waals surface area contributed by atoms with Crippen LogP contribution in [0.3, 0.4) is 0 Å². The van der Waals surface area contributed by atoms with Crippen molar-refractivity contribution in [1.29, 1.82) is 0 Å². The van der Waals surface area contributed by atoms with Crippen molar-refractivity contribution in [2.75, 3.05) is 11.9 Å². The third kappa shape index (κ3) is 6.19. The highest BCUT2D eigenvalue weighted by atomic mass is 19.4. The number of ether oxygens (including phenoxy) is 1. The van der Waals surface area contributed by atoms with Crippen LogP contribution in [0, 0.1) is 5.82 Å². The van der Waals surface area contributed by atoms with E-state index in [1.807, 2.05) is 6.92 Å². The Bertz CT molecular complexity index is 822. The molecule has 0 fully saturated rings. The van der Waals surface area contributed by atoms with E-state index in [9.17, 15) is 22.4 Å². The molecule has 0 saturated heterocycles. The van der Waals surface area contributed by atoms with Gasteiger partial charge in [0.05, 0.1) is 6.42 Å². The van der Waals surface area contributed by atoms with Gasteiger partial charge in [0.15, 0.2) is 6.10 Å². The van der Waals surface area contributed by atoms with E-state index in [1.165, 1.54) is 49.4 Å². The quantitative estimate of drug-likeness (QED) is 0.482. The summed E-state index contributed by atoms with van der Waals surface area (Å²) >= 11 is 0. The Hall–Kier alpha value is -2.61. The van der Waals surface area contributed by atoms with Crippen LogP contribution in [-0.4, -0.2) is 23.9 Å². The molecular formula is C21H23F4NO3. The van der Waals surface area contributed by atoms with Gasteiger partial charge in [-0.15, -0.1) is 0 Å². The number of carbonyl (C=O) groups is 1. The van der Waals surface area contributed by atoms with Crippen molar-refractivity contribution in [2.24, 2.45) is 0 Å². The van der Waals surface area contributed by atoms with E-state index in [1.54, 1.807) is 0 Å². The second kappa shape index (κ2) is 9.73. The third-order valence-corrected chi connectivity index (χ3v) is 4.50. The van der Waals surface area contributed by atoms with Crippen molar-refractivity contribution in [1.82, 2.24) is 0 Å². The largest absolute Gasteiger partial charge is 0.481 e. The summed E-state index contributed by atoms with van der Waals surface area (Å²) in [6.07, 6.45) is -6.42. The van der Waals surface area contributed by atoms with Crippen LogP contribution < -0.4 is 5.32 Å². The number of carboxylic acids is 1. The third-order valence-electron chi connectivity index (χ3n) is 4.50. The summed E-state index contributed by atoms with van der Waals surface area (Å²) in [6.45, 7) is 3.14. The Morgan fingerprint density at radius 2 is 1.79 bits per heavy atom. The SMILES string of the molecule is CCO[C@H](c1ccc([C@@H](CC)CC(=O)O)cc1Nc1ccc(F)cc1)C(F)(F)F. The fourth-order valence-electron chi connectivity index (χ4n) is 3.09. The maximum absolute atomic E-state index is 13.6. The molecule has 158 valence electrons. The monoisotopic (exact) mass is 413 g/mol. The lowest BCUT2D eigenvalue weighted by molar-refractivity contribution is -0.222. The van der Waals surface area contributed by atoms with Crippen molar-refractivity contribution in [2.45, 2.75) is 44.9 Å². The molecule has 0 saturated carbocycles. The normalized spacial score (nSPS) is 13.7. The van der Waals surface area contributed by atoms with Gasteiger partial charge in [-0.2, -0.15) is 13.2 Å². The van der Waals surface area contributed by atoms with E-state index < -0.39 is 24.1 Å². The van der Waals surface area contributed by atoms with Crippen LogP contribution in [-0.2, 0) is 9.53 Å². The smallest absolute Gasteiger partial charge is 0.418 e. The molecule has 2 aromatic carbocycles. The molecule has 8 heteroatoms. The Morgan fingerprint density at radius 1 is 1.14 bits per heavy atom. The van der Waals surface area contributed by atoms with E-state index in [-0.39, 0.29) is 30.2 Å². The van der Waals surface area contributed by atoms with Gasteiger partial charge in [-0.05, 0) is 55.2 Å². The number of aliphatic carboxylic acids is 1. The summed E-state index contributed by atoms with van der Waals surface area (Å²) in [5, 5.41) is 12.0. The molecule has 2 rings (SSSR count). The fourth-order valence-corrected chi connectivity index (χ4v) is 3.09. The predicted molar refractivity (Wildman–Crippen MR) is 102 cm³/mol. The van der Waals surface area contributed by atoms with Crippen LogP contribution in [0.15, 0.2) is 42.5 Å². The zero-order chi connectivity index (χ0) is 21.6. The topological polar surface area (TPSA) is 58.6 Å². The molecule has 0 aliphatic heterocycles. The van der Waals surface area contributed by atoms with E-state index in [2.05, 4.69) is 5.32 Å². The van der Waals surface area contributed by atoms with Gasteiger partial charge >= 0.3 is 12.1 Å². The molecule has 0 unspecified atom stereocenters. The summed E-state index contributed by atoms with van der Waals surface area (Å²) in [5.41, 5.74) is 1.00. The molecule has 0 bridgehead atoms. The average molecular weight is 413 g/mol. The molecular weight excluding hydrogens is 390 g/mol. The fraction of sp³-hybridized carbons (Fsp3) is 0.381. The lowest BCUT2D eigenvalue weighted by Gasteiger charge is -2.25. The van der Waals surface area contributed by atoms with E-state index in [4.69, 9.17) is 9.84 Å². The summed E-state index contributed by atoms with van der Waals surface area (Å²) in [7, 11) is 0. The first-order chi connectivity index (χ1) is 13.7. The van der Waals surface area contributed by atoms with E-state index in [0.29, 0.717) is 17.7 Å². The van der Waals surface area contributed by atoms with Gasteiger partial charge in [0, 0.05) is 23.5 Å². The highest BCUT2D eigenvalue weighted by Gasteiger charge is 2.43. The molecule has 0 radical (unpaired) electrons. The Kier molecular flexibility index (Phi) is 7.61. The molecule has 2 aromatic rings. The lowest BCUT2D eigenvalue weighted by atomic mass is 9.91. The van der Waals surface area contributed by atoms with Crippen LogP contribution in [0.25, 0.3) is 0 Å². The number of hydrogen-bond donors (Lipinski definition) is 2. The summed E-state index contributed by atoms with van der Waals surface area (Å²) in [5.74, 6) is -1.82. The summed E-state index contributed by atoms with van der Waals surface area (Å²) in [6, 6.07) is 9.50. The van der Waals surface area contributed by atoms with Crippen LogP contribution in [0.1, 0.15) is 49.8 Å².